The Bertz CT molecular complexity index is 2540. The fourth-order valence-electron chi connectivity index (χ4n) is 8.29. The van der Waals surface area contributed by atoms with Gasteiger partial charge in [0.15, 0.2) is 0 Å². The van der Waals surface area contributed by atoms with Crippen molar-refractivity contribution in [3.63, 3.8) is 0 Å². The third-order valence-electron chi connectivity index (χ3n) is 10.1. The number of fused-ring (bicyclic) bond motifs is 5. The lowest BCUT2D eigenvalue weighted by Crippen LogP contribution is -2.02. The van der Waals surface area contributed by atoms with Crippen LogP contribution in [0.3, 0.4) is 0 Å². The van der Waals surface area contributed by atoms with Crippen LogP contribution in [0.4, 0.5) is 0 Å². The van der Waals surface area contributed by atoms with Gasteiger partial charge in [-0.25, -0.2) is 0 Å². The Labute approximate surface area is 255 Å². The summed E-state index contributed by atoms with van der Waals surface area (Å²) in [5.41, 5.74) is 8.17. The highest BCUT2D eigenvalue weighted by Crippen LogP contribution is 2.48. The Morgan fingerprint density at radius 3 is 1.57 bits per heavy atom. The van der Waals surface area contributed by atoms with Gasteiger partial charge in [0.1, 0.15) is 0 Å². The average Bonchev–Trinajstić information content (AvgIpc) is 3.09. The summed E-state index contributed by atoms with van der Waals surface area (Å²) in [6.45, 7) is 0. The molecule has 0 fully saturated rings. The van der Waals surface area contributed by atoms with Gasteiger partial charge < -0.3 is 0 Å². The number of hydrogen-bond donors (Lipinski definition) is 0. The van der Waals surface area contributed by atoms with E-state index in [1.165, 1.54) is 98.0 Å². The first kappa shape index (κ1) is 24.0. The summed E-state index contributed by atoms with van der Waals surface area (Å²) in [5, 5.41) is 15.9. The van der Waals surface area contributed by atoms with Gasteiger partial charge in [0.2, 0.25) is 0 Å². The molecule has 44 heavy (non-hydrogen) atoms. The Morgan fingerprint density at radius 1 is 0.341 bits per heavy atom. The zero-order valence-corrected chi connectivity index (χ0v) is 24.3. The molecule has 204 valence electrons. The van der Waals surface area contributed by atoms with Crippen LogP contribution in [0.5, 0.6) is 0 Å². The molecule has 0 saturated carbocycles. The zero-order chi connectivity index (χ0) is 28.8. The summed E-state index contributed by atoms with van der Waals surface area (Å²) in [6, 6.07) is 52.3. The van der Waals surface area contributed by atoms with Gasteiger partial charge in [-0.2, -0.15) is 0 Å². The van der Waals surface area contributed by atoms with E-state index in [-0.39, 0.29) is 0 Å². The molecule has 10 rings (SSSR count). The first-order valence-corrected chi connectivity index (χ1v) is 15.7. The molecule has 0 heteroatoms. The van der Waals surface area contributed by atoms with Crippen molar-refractivity contribution in [1.82, 2.24) is 0 Å². The normalized spacial score (nSPS) is 13.4. The quantitative estimate of drug-likeness (QED) is 0.147. The van der Waals surface area contributed by atoms with Crippen LogP contribution in [0.2, 0.25) is 0 Å². The SMILES string of the molecule is C1=C(c2c3ccccc3c(-c3ccc4c5cccc6cccc(c7cccc3c74)c65)c3ccccc23)c2ccccc2CC1. The van der Waals surface area contributed by atoms with E-state index in [4.69, 9.17) is 0 Å². The smallest absolute Gasteiger partial charge is 0.00201 e. The molecular weight excluding hydrogens is 528 g/mol. The number of hydrogen-bond acceptors (Lipinski definition) is 0. The molecule has 0 radical (unpaired) electrons. The molecule has 0 saturated heterocycles. The Balaban J connectivity index is 1.36. The molecule has 1 aliphatic carbocycles. The second-order valence-corrected chi connectivity index (χ2v) is 12.3. The van der Waals surface area contributed by atoms with Crippen LogP contribution in [0.25, 0.3) is 81.3 Å². The second-order valence-electron chi connectivity index (χ2n) is 12.3. The minimum Gasteiger partial charge on any atom is -0.0757 e. The average molecular weight is 557 g/mol. The molecule has 0 N–H and O–H groups in total. The van der Waals surface area contributed by atoms with Gasteiger partial charge in [0.05, 0.1) is 0 Å². The number of rotatable bonds is 2. The van der Waals surface area contributed by atoms with Gasteiger partial charge in [0, 0.05) is 0 Å². The van der Waals surface area contributed by atoms with Crippen LogP contribution >= 0.6 is 0 Å². The van der Waals surface area contributed by atoms with E-state index in [1.54, 1.807) is 0 Å². The number of aryl methyl sites for hydroxylation is 1. The van der Waals surface area contributed by atoms with Crippen molar-refractivity contribution >= 4 is 70.2 Å². The second kappa shape index (κ2) is 9.02. The Kier molecular flexibility index (Phi) is 4.93. The fraction of sp³-hybridized carbons (Fsp3) is 0.0455. The van der Waals surface area contributed by atoms with E-state index in [1.807, 2.05) is 0 Å². The molecule has 0 atom stereocenters. The van der Waals surface area contributed by atoms with Gasteiger partial charge in [0.25, 0.3) is 0 Å². The maximum atomic E-state index is 2.47. The predicted molar refractivity (Wildman–Crippen MR) is 190 cm³/mol. The lowest BCUT2D eigenvalue weighted by Gasteiger charge is -2.24. The summed E-state index contributed by atoms with van der Waals surface area (Å²) in [4.78, 5) is 0. The standard InChI is InChI=1S/C44H28/c1-2-15-29-27(11-1)12-7-20-30(29)42-33-16-3-5-18-35(33)43(36-19-6-4-17-34(36)42)40-26-25-39-32-22-9-14-28-13-8-21-31(41(28)32)37-23-10-24-38(40)44(37)39/h1-6,8-11,13-26H,7,12H2. The fourth-order valence-corrected chi connectivity index (χ4v) is 8.29. The van der Waals surface area contributed by atoms with Crippen molar-refractivity contribution in [3.05, 3.63) is 162 Å². The Hall–Kier alpha value is -5.46. The van der Waals surface area contributed by atoms with Crippen LogP contribution in [-0.4, -0.2) is 0 Å². The summed E-state index contributed by atoms with van der Waals surface area (Å²) < 4.78 is 0. The summed E-state index contributed by atoms with van der Waals surface area (Å²) in [7, 11) is 0. The van der Waals surface area contributed by atoms with Crippen molar-refractivity contribution in [1.29, 1.82) is 0 Å². The molecule has 0 bridgehead atoms. The van der Waals surface area contributed by atoms with Gasteiger partial charge in [-0.1, -0.05) is 146 Å². The van der Waals surface area contributed by atoms with E-state index in [0.29, 0.717) is 0 Å². The van der Waals surface area contributed by atoms with Gasteiger partial charge in [-0.15, -0.1) is 0 Å². The molecular formula is C44H28. The highest BCUT2D eigenvalue weighted by Gasteiger charge is 2.23. The van der Waals surface area contributed by atoms with Crippen molar-refractivity contribution in [2.45, 2.75) is 12.8 Å². The topological polar surface area (TPSA) is 0 Å². The molecule has 1 aliphatic rings. The summed E-state index contributed by atoms with van der Waals surface area (Å²) in [6.07, 6.45) is 4.64. The van der Waals surface area contributed by atoms with Crippen LogP contribution in [0.15, 0.2) is 146 Å². The van der Waals surface area contributed by atoms with E-state index < -0.39 is 0 Å². The number of allylic oxidation sites excluding steroid dienone is 1. The summed E-state index contributed by atoms with van der Waals surface area (Å²) >= 11 is 0. The van der Waals surface area contributed by atoms with Crippen molar-refractivity contribution in [3.8, 4) is 11.1 Å². The Morgan fingerprint density at radius 2 is 0.864 bits per heavy atom. The molecule has 9 aromatic rings. The first-order valence-electron chi connectivity index (χ1n) is 15.7. The number of benzene rings is 9. The van der Waals surface area contributed by atoms with Crippen molar-refractivity contribution in [2.75, 3.05) is 0 Å². The zero-order valence-electron chi connectivity index (χ0n) is 24.3. The van der Waals surface area contributed by atoms with Crippen LogP contribution in [0, 0.1) is 0 Å². The highest BCUT2D eigenvalue weighted by atomic mass is 14.3. The van der Waals surface area contributed by atoms with Gasteiger partial charge >= 0.3 is 0 Å². The minimum absolute atomic E-state index is 1.07. The molecule has 0 spiro atoms. The van der Waals surface area contributed by atoms with E-state index in [2.05, 4.69) is 146 Å². The third-order valence-corrected chi connectivity index (χ3v) is 10.1. The monoisotopic (exact) mass is 556 g/mol. The largest absolute Gasteiger partial charge is 0.0757 e. The first-order chi connectivity index (χ1) is 21.9. The molecule has 0 heterocycles. The van der Waals surface area contributed by atoms with E-state index in [9.17, 15) is 0 Å². The van der Waals surface area contributed by atoms with Crippen LogP contribution in [0.1, 0.15) is 23.1 Å². The van der Waals surface area contributed by atoms with Crippen LogP contribution < -0.4 is 0 Å². The third kappa shape index (κ3) is 3.18. The minimum atomic E-state index is 1.07. The molecule has 0 unspecified atom stereocenters. The maximum absolute atomic E-state index is 2.47. The molecule has 0 nitrogen and oxygen atoms in total. The van der Waals surface area contributed by atoms with Gasteiger partial charge in [-0.3, -0.25) is 0 Å². The van der Waals surface area contributed by atoms with Crippen molar-refractivity contribution < 1.29 is 0 Å². The maximum Gasteiger partial charge on any atom is -0.00201 e. The summed E-state index contributed by atoms with van der Waals surface area (Å²) in [5.74, 6) is 0. The molecule has 0 aromatic heterocycles. The van der Waals surface area contributed by atoms with Crippen molar-refractivity contribution in [2.24, 2.45) is 0 Å². The van der Waals surface area contributed by atoms with E-state index in [0.717, 1.165) is 12.8 Å². The predicted octanol–water partition coefficient (Wildman–Crippen LogP) is 12.1. The lowest BCUT2D eigenvalue weighted by molar-refractivity contribution is 0.978. The van der Waals surface area contributed by atoms with E-state index >= 15 is 0 Å². The highest BCUT2D eigenvalue weighted by molar-refractivity contribution is 6.35. The van der Waals surface area contributed by atoms with Crippen LogP contribution in [-0.2, 0) is 6.42 Å². The molecule has 0 aliphatic heterocycles. The molecule has 9 aromatic carbocycles. The lowest BCUT2D eigenvalue weighted by atomic mass is 9.79. The van der Waals surface area contributed by atoms with Gasteiger partial charge in [-0.05, 0) is 111 Å². The molecule has 0 amide bonds.